The lowest BCUT2D eigenvalue weighted by atomic mass is 10.1. The predicted octanol–water partition coefficient (Wildman–Crippen LogP) is 3.59. The molecule has 0 spiro atoms. The third-order valence-corrected chi connectivity index (χ3v) is 4.89. The number of nitrogens with one attached hydrogen (secondary N) is 2. The fraction of sp³-hybridized carbons (Fsp3) is 0.333. The van der Waals surface area contributed by atoms with Gasteiger partial charge in [-0.3, -0.25) is 20.4 Å². The zero-order valence-electron chi connectivity index (χ0n) is 11.8. The Balaban J connectivity index is 1.70. The average Bonchev–Trinajstić information content (AvgIpc) is 2.99. The molecule has 0 radical (unpaired) electrons. The Hall–Kier alpha value is -1.17. The minimum absolute atomic E-state index is 0.143. The minimum Gasteiger partial charge on any atom is -0.273 e. The Bertz CT molecular complexity index is 593. The predicted molar refractivity (Wildman–Crippen MR) is 90.0 cm³/mol. The van der Waals surface area contributed by atoms with Crippen molar-refractivity contribution in [2.24, 2.45) is 5.92 Å². The average molecular weight is 359 g/mol. The molecule has 118 valence electrons. The van der Waals surface area contributed by atoms with Crippen molar-refractivity contribution in [3.63, 3.8) is 0 Å². The summed E-state index contributed by atoms with van der Waals surface area (Å²) in [5, 5.41) is 1.10. The summed E-state index contributed by atoms with van der Waals surface area (Å²) >= 11 is 13.2. The third-order valence-electron chi connectivity index (χ3n) is 3.15. The van der Waals surface area contributed by atoms with Gasteiger partial charge in [-0.15, -0.1) is 11.8 Å². The summed E-state index contributed by atoms with van der Waals surface area (Å²) in [6.07, 6.45) is 6.51. The minimum atomic E-state index is -0.295. The van der Waals surface area contributed by atoms with E-state index in [1.54, 1.807) is 18.2 Å². The van der Waals surface area contributed by atoms with Crippen molar-refractivity contribution in [1.29, 1.82) is 0 Å². The number of hydrazine groups is 1. The molecule has 2 N–H and O–H groups in total. The molecular weight excluding hydrogens is 343 g/mol. The molecule has 22 heavy (non-hydrogen) atoms. The van der Waals surface area contributed by atoms with E-state index >= 15 is 0 Å². The summed E-state index contributed by atoms with van der Waals surface area (Å²) in [4.78, 5) is 24.1. The number of amides is 2. The van der Waals surface area contributed by atoms with Crippen molar-refractivity contribution in [3.05, 3.63) is 40.4 Å². The highest BCUT2D eigenvalue weighted by molar-refractivity contribution is 8.00. The van der Waals surface area contributed by atoms with E-state index in [9.17, 15) is 9.59 Å². The van der Waals surface area contributed by atoms with E-state index in [4.69, 9.17) is 23.2 Å². The third kappa shape index (κ3) is 5.55. The maximum Gasteiger partial charge on any atom is 0.248 e. The van der Waals surface area contributed by atoms with Gasteiger partial charge in [0.2, 0.25) is 11.8 Å². The summed E-state index contributed by atoms with van der Waals surface area (Å²) in [7, 11) is 0. The number of allylic oxidation sites excluding steroid dienone is 2. The molecule has 1 atom stereocenters. The van der Waals surface area contributed by atoms with E-state index in [0.717, 1.165) is 17.7 Å². The zero-order chi connectivity index (χ0) is 15.9. The molecule has 0 heterocycles. The first-order valence-electron chi connectivity index (χ1n) is 6.87. The van der Waals surface area contributed by atoms with Crippen LogP contribution in [0.15, 0.2) is 35.2 Å². The van der Waals surface area contributed by atoms with Crippen molar-refractivity contribution in [2.45, 2.75) is 24.2 Å². The SMILES string of the molecule is O=C(CSc1cc(Cl)ccc1Cl)NNC(=O)C[C@H]1C=CCC1. The van der Waals surface area contributed by atoms with Crippen LogP contribution < -0.4 is 10.9 Å². The van der Waals surface area contributed by atoms with Crippen molar-refractivity contribution in [2.75, 3.05) is 5.75 Å². The standard InChI is InChI=1S/C15H16Cl2N2O2S/c16-11-5-6-12(17)13(8-11)22-9-15(21)19-18-14(20)7-10-3-1-2-4-10/h1,3,5-6,8,10H,2,4,7,9H2,(H,18,20)(H,19,21)/t10-/m0/s1. The molecule has 1 aliphatic carbocycles. The Morgan fingerprint density at radius 3 is 2.73 bits per heavy atom. The molecule has 4 nitrogen and oxygen atoms in total. The number of rotatable bonds is 5. The molecule has 0 saturated heterocycles. The Morgan fingerprint density at radius 2 is 2.00 bits per heavy atom. The second-order valence-corrected chi connectivity index (χ2v) is 6.79. The van der Waals surface area contributed by atoms with E-state index < -0.39 is 0 Å². The van der Waals surface area contributed by atoms with Crippen molar-refractivity contribution >= 4 is 46.8 Å². The van der Waals surface area contributed by atoms with Gasteiger partial charge in [-0.2, -0.15) is 0 Å². The van der Waals surface area contributed by atoms with Gasteiger partial charge < -0.3 is 0 Å². The first kappa shape index (κ1) is 17.2. The smallest absolute Gasteiger partial charge is 0.248 e. The van der Waals surface area contributed by atoms with Crippen LogP contribution in [0.3, 0.4) is 0 Å². The summed E-state index contributed by atoms with van der Waals surface area (Å²) in [6, 6.07) is 5.07. The summed E-state index contributed by atoms with van der Waals surface area (Å²) in [6.45, 7) is 0. The number of thioether (sulfide) groups is 1. The summed E-state index contributed by atoms with van der Waals surface area (Å²) < 4.78 is 0. The highest BCUT2D eigenvalue weighted by atomic mass is 35.5. The molecule has 0 bridgehead atoms. The highest BCUT2D eigenvalue weighted by Gasteiger charge is 2.14. The van der Waals surface area contributed by atoms with Crippen molar-refractivity contribution < 1.29 is 9.59 Å². The van der Waals surface area contributed by atoms with Crippen molar-refractivity contribution in [3.8, 4) is 0 Å². The summed E-state index contributed by atoms with van der Waals surface area (Å²) in [5.41, 5.74) is 4.83. The van der Waals surface area contributed by atoms with Gasteiger partial charge in [-0.05, 0) is 37.0 Å². The first-order valence-corrected chi connectivity index (χ1v) is 8.61. The van der Waals surface area contributed by atoms with E-state index in [1.807, 2.05) is 6.08 Å². The van der Waals surface area contributed by atoms with Crippen LogP contribution in [0, 0.1) is 5.92 Å². The second kappa shape index (κ2) is 8.46. The van der Waals surface area contributed by atoms with E-state index in [-0.39, 0.29) is 23.5 Å². The lowest BCUT2D eigenvalue weighted by molar-refractivity contribution is -0.128. The maximum atomic E-state index is 11.7. The van der Waals surface area contributed by atoms with Crippen LogP contribution >= 0.6 is 35.0 Å². The normalized spacial score (nSPS) is 16.5. The molecule has 1 aromatic carbocycles. The number of carbonyl (C=O) groups excluding carboxylic acids is 2. The number of halogens is 2. The van der Waals surface area contributed by atoms with Gasteiger partial charge in [0.05, 0.1) is 10.8 Å². The van der Waals surface area contributed by atoms with E-state index in [1.165, 1.54) is 11.8 Å². The molecule has 1 aromatic rings. The van der Waals surface area contributed by atoms with Crippen LogP contribution in [0.2, 0.25) is 10.0 Å². The molecule has 7 heteroatoms. The molecule has 0 aliphatic heterocycles. The van der Waals surface area contributed by atoms with Gasteiger partial charge in [0.1, 0.15) is 0 Å². The fourth-order valence-electron chi connectivity index (χ4n) is 2.06. The van der Waals surface area contributed by atoms with Crippen LogP contribution in [-0.2, 0) is 9.59 Å². The molecular formula is C15H16Cl2N2O2S. The molecule has 1 aliphatic rings. The maximum absolute atomic E-state index is 11.7. The van der Waals surface area contributed by atoms with Crippen LogP contribution in [0.5, 0.6) is 0 Å². The van der Waals surface area contributed by atoms with Gasteiger partial charge in [-0.25, -0.2) is 0 Å². The highest BCUT2D eigenvalue weighted by Crippen LogP contribution is 2.29. The topological polar surface area (TPSA) is 58.2 Å². The van der Waals surface area contributed by atoms with Crippen LogP contribution in [0.4, 0.5) is 0 Å². The Kier molecular flexibility index (Phi) is 6.61. The fourth-order valence-corrected chi connectivity index (χ4v) is 3.35. The molecule has 2 rings (SSSR count). The Morgan fingerprint density at radius 1 is 1.23 bits per heavy atom. The van der Waals surface area contributed by atoms with Crippen LogP contribution in [-0.4, -0.2) is 17.6 Å². The number of benzene rings is 1. The van der Waals surface area contributed by atoms with E-state index in [0.29, 0.717) is 16.5 Å². The lowest BCUT2D eigenvalue weighted by Crippen LogP contribution is -2.42. The number of hydrogen-bond acceptors (Lipinski definition) is 3. The van der Waals surface area contributed by atoms with Gasteiger partial charge in [0, 0.05) is 16.3 Å². The Labute approximate surface area is 143 Å². The van der Waals surface area contributed by atoms with Gasteiger partial charge in [0.15, 0.2) is 0 Å². The van der Waals surface area contributed by atoms with Gasteiger partial charge >= 0.3 is 0 Å². The number of carbonyl (C=O) groups is 2. The van der Waals surface area contributed by atoms with Crippen LogP contribution in [0.1, 0.15) is 19.3 Å². The quantitative estimate of drug-likeness (QED) is 0.480. The van der Waals surface area contributed by atoms with Crippen LogP contribution in [0.25, 0.3) is 0 Å². The molecule has 0 aromatic heterocycles. The van der Waals surface area contributed by atoms with Crippen molar-refractivity contribution in [1.82, 2.24) is 10.9 Å². The molecule has 0 fully saturated rings. The van der Waals surface area contributed by atoms with E-state index in [2.05, 4.69) is 16.9 Å². The molecule has 2 amide bonds. The largest absolute Gasteiger partial charge is 0.273 e. The monoisotopic (exact) mass is 358 g/mol. The van der Waals surface area contributed by atoms with Gasteiger partial charge in [-0.1, -0.05) is 35.4 Å². The number of hydrogen-bond donors (Lipinski definition) is 2. The first-order chi connectivity index (χ1) is 10.5. The molecule has 0 unspecified atom stereocenters. The molecule has 0 saturated carbocycles. The van der Waals surface area contributed by atoms with Gasteiger partial charge in [0.25, 0.3) is 0 Å². The zero-order valence-corrected chi connectivity index (χ0v) is 14.1. The lowest BCUT2D eigenvalue weighted by Gasteiger charge is -2.10. The second-order valence-electron chi connectivity index (χ2n) is 4.93. The summed E-state index contributed by atoms with van der Waals surface area (Å²) in [5.74, 6) is -0.0625.